The molecule has 0 bridgehead atoms. The van der Waals surface area contributed by atoms with Crippen molar-refractivity contribution >= 4 is 11.8 Å². The average molecular weight is 214 g/mol. The maximum absolute atomic E-state index is 12.2. The van der Waals surface area contributed by atoms with Crippen LogP contribution in [0.5, 0.6) is 0 Å². The summed E-state index contributed by atoms with van der Waals surface area (Å²) >= 11 is 0. The van der Waals surface area contributed by atoms with E-state index in [0.717, 1.165) is 0 Å². The SMILES string of the molecule is CCN(CC)C(=O)C(CC)(CC)C(N)=O. The average Bonchev–Trinajstić information content (AvgIpc) is 2.22. The topological polar surface area (TPSA) is 63.4 Å². The molecule has 0 saturated heterocycles. The molecule has 0 rings (SSSR count). The van der Waals surface area contributed by atoms with E-state index in [1.54, 1.807) is 4.90 Å². The summed E-state index contributed by atoms with van der Waals surface area (Å²) < 4.78 is 0. The fraction of sp³-hybridized carbons (Fsp3) is 0.818. The van der Waals surface area contributed by atoms with Crippen LogP contribution in [0.2, 0.25) is 0 Å². The first-order valence-corrected chi connectivity index (χ1v) is 5.59. The summed E-state index contributed by atoms with van der Waals surface area (Å²) in [6.45, 7) is 8.69. The molecule has 0 aromatic heterocycles. The summed E-state index contributed by atoms with van der Waals surface area (Å²) in [7, 11) is 0. The molecular weight excluding hydrogens is 192 g/mol. The van der Waals surface area contributed by atoms with Gasteiger partial charge in [0.05, 0.1) is 0 Å². The molecule has 0 aliphatic rings. The highest BCUT2D eigenvalue weighted by Crippen LogP contribution is 2.28. The molecule has 88 valence electrons. The molecule has 0 aliphatic heterocycles. The quantitative estimate of drug-likeness (QED) is 0.674. The van der Waals surface area contributed by atoms with Crippen LogP contribution in [0.25, 0.3) is 0 Å². The second-order valence-electron chi connectivity index (χ2n) is 3.63. The Morgan fingerprint density at radius 1 is 1.07 bits per heavy atom. The van der Waals surface area contributed by atoms with Crippen molar-refractivity contribution in [2.24, 2.45) is 11.1 Å². The number of rotatable bonds is 6. The molecule has 0 unspecified atom stereocenters. The second kappa shape index (κ2) is 5.73. The Bertz CT molecular complexity index is 231. The zero-order valence-corrected chi connectivity index (χ0v) is 10.2. The van der Waals surface area contributed by atoms with E-state index < -0.39 is 11.3 Å². The van der Waals surface area contributed by atoms with Crippen molar-refractivity contribution in [2.75, 3.05) is 13.1 Å². The van der Waals surface area contributed by atoms with Gasteiger partial charge in [-0.15, -0.1) is 0 Å². The minimum absolute atomic E-state index is 0.134. The summed E-state index contributed by atoms with van der Waals surface area (Å²) in [5.74, 6) is -0.644. The Balaban J connectivity index is 5.08. The Hall–Kier alpha value is -1.06. The molecule has 2 amide bonds. The van der Waals surface area contributed by atoms with E-state index in [1.807, 2.05) is 27.7 Å². The van der Waals surface area contributed by atoms with Gasteiger partial charge in [-0.2, -0.15) is 0 Å². The Labute approximate surface area is 91.8 Å². The van der Waals surface area contributed by atoms with E-state index in [-0.39, 0.29) is 5.91 Å². The van der Waals surface area contributed by atoms with E-state index >= 15 is 0 Å². The van der Waals surface area contributed by atoms with Crippen molar-refractivity contribution in [3.63, 3.8) is 0 Å². The first kappa shape index (κ1) is 13.9. The van der Waals surface area contributed by atoms with Gasteiger partial charge in [0.25, 0.3) is 0 Å². The highest BCUT2D eigenvalue weighted by molar-refractivity contribution is 6.04. The van der Waals surface area contributed by atoms with Gasteiger partial charge in [0, 0.05) is 13.1 Å². The van der Waals surface area contributed by atoms with Gasteiger partial charge in [-0.1, -0.05) is 13.8 Å². The monoisotopic (exact) mass is 214 g/mol. The van der Waals surface area contributed by atoms with Crippen LogP contribution in [0, 0.1) is 5.41 Å². The molecule has 2 N–H and O–H groups in total. The van der Waals surface area contributed by atoms with Crippen LogP contribution in [0.3, 0.4) is 0 Å². The first-order valence-electron chi connectivity index (χ1n) is 5.59. The maximum Gasteiger partial charge on any atom is 0.238 e. The van der Waals surface area contributed by atoms with Gasteiger partial charge >= 0.3 is 0 Å². The van der Waals surface area contributed by atoms with Gasteiger partial charge in [-0.3, -0.25) is 9.59 Å². The summed E-state index contributed by atoms with van der Waals surface area (Å²) in [6.07, 6.45) is 0.933. The molecule has 15 heavy (non-hydrogen) atoms. The van der Waals surface area contributed by atoms with Crippen molar-refractivity contribution in [3.8, 4) is 0 Å². The Kier molecular flexibility index (Phi) is 5.33. The molecule has 0 fully saturated rings. The lowest BCUT2D eigenvalue weighted by molar-refractivity contribution is -0.149. The highest BCUT2D eigenvalue weighted by Gasteiger charge is 2.42. The molecule has 0 heterocycles. The van der Waals surface area contributed by atoms with Crippen molar-refractivity contribution in [1.82, 2.24) is 4.90 Å². The van der Waals surface area contributed by atoms with Crippen LogP contribution < -0.4 is 5.73 Å². The summed E-state index contributed by atoms with van der Waals surface area (Å²) in [6, 6.07) is 0. The van der Waals surface area contributed by atoms with Crippen LogP contribution in [-0.4, -0.2) is 29.8 Å². The number of nitrogens with zero attached hydrogens (tertiary/aromatic N) is 1. The van der Waals surface area contributed by atoms with Gasteiger partial charge in [0.1, 0.15) is 5.41 Å². The molecule has 0 atom stereocenters. The van der Waals surface area contributed by atoms with Crippen LogP contribution >= 0.6 is 0 Å². The first-order chi connectivity index (χ1) is 6.99. The smallest absolute Gasteiger partial charge is 0.238 e. The number of primary amides is 1. The maximum atomic E-state index is 12.2. The summed E-state index contributed by atoms with van der Waals surface area (Å²) in [5.41, 5.74) is 4.35. The molecular formula is C11H22N2O2. The van der Waals surface area contributed by atoms with Gasteiger partial charge < -0.3 is 10.6 Å². The number of carbonyl (C=O) groups is 2. The number of nitrogens with two attached hydrogens (primary N) is 1. The molecule has 0 spiro atoms. The lowest BCUT2D eigenvalue weighted by Gasteiger charge is -2.32. The number of hydrogen-bond donors (Lipinski definition) is 1. The van der Waals surface area contributed by atoms with Crippen molar-refractivity contribution in [2.45, 2.75) is 40.5 Å². The third kappa shape index (κ3) is 2.49. The number of hydrogen-bond acceptors (Lipinski definition) is 2. The van der Waals surface area contributed by atoms with Crippen molar-refractivity contribution in [1.29, 1.82) is 0 Å². The van der Waals surface area contributed by atoms with Crippen LogP contribution in [0.4, 0.5) is 0 Å². The van der Waals surface area contributed by atoms with E-state index in [9.17, 15) is 9.59 Å². The van der Waals surface area contributed by atoms with Gasteiger partial charge in [-0.05, 0) is 26.7 Å². The molecule has 4 heteroatoms. The predicted octanol–water partition coefficient (Wildman–Crippen LogP) is 1.15. The van der Waals surface area contributed by atoms with Gasteiger partial charge in [-0.25, -0.2) is 0 Å². The Morgan fingerprint density at radius 2 is 1.47 bits per heavy atom. The Morgan fingerprint density at radius 3 is 1.67 bits per heavy atom. The normalized spacial score (nSPS) is 11.2. The molecule has 0 aromatic carbocycles. The number of amides is 2. The standard InChI is InChI=1S/C11H22N2O2/c1-5-11(6-2,9(12)14)10(15)13(7-3)8-4/h5-8H2,1-4H3,(H2,12,14). The molecule has 0 radical (unpaired) electrons. The molecule has 0 saturated carbocycles. The third-order valence-electron chi connectivity index (χ3n) is 3.14. The van der Waals surface area contributed by atoms with Crippen LogP contribution in [-0.2, 0) is 9.59 Å². The fourth-order valence-corrected chi connectivity index (χ4v) is 1.82. The molecule has 4 nitrogen and oxygen atoms in total. The van der Waals surface area contributed by atoms with E-state index in [1.165, 1.54) is 0 Å². The van der Waals surface area contributed by atoms with Gasteiger partial charge in [0.2, 0.25) is 11.8 Å². The summed E-state index contributed by atoms with van der Waals surface area (Å²) in [5, 5.41) is 0. The fourth-order valence-electron chi connectivity index (χ4n) is 1.82. The van der Waals surface area contributed by atoms with Gasteiger partial charge in [0.15, 0.2) is 0 Å². The van der Waals surface area contributed by atoms with Crippen molar-refractivity contribution < 1.29 is 9.59 Å². The number of carbonyl (C=O) groups excluding carboxylic acids is 2. The molecule has 0 aromatic rings. The zero-order valence-electron chi connectivity index (χ0n) is 10.2. The lowest BCUT2D eigenvalue weighted by Crippen LogP contribution is -2.50. The largest absolute Gasteiger partial charge is 0.369 e. The zero-order chi connectivity index (χ0) is 12.1. The highest BCUT2D eigenvalue weighted by atomic mass is 16.2. The second-order valence-corrected chi connectivity index (χ2v) is 3.63. The van der Waals surface area contributed by atoms with Crippen LogP contribution in [0.1, 0.15) is 40.5 Å². The summed E-state index contributed by atoms with van der Waals surface area (Å²) in [4.78, 5) is 25.3. The molecule has 0 aliphatic carbocycles. The predicted molar refractivity (Wildman–Crippen MR) is 60.1 cm³/mol. The minimum atomic E-state index is -1.01. The van der Waals surface area contributed by atoms with Crippen molar-refractivity contribution in [3.05, 3.63) is 0 Å². The minimum Gasteiger partial charge on any atom is -0.369 e. The lowest BCUT2D eigenvalue weighted by atomic mass is 9.80. The van der Waals surface area contributed by atoms with E-state index in [4.69, 9.17) is 5.73 Å². The third-order valence-corrected chi connectivity index (χ3v) is 3.14. The van der Waals surface area contributed by atoms with Crippen LogP contribution in [0.15, 0.2) is 0 Å². The van der Waals surface area contributed by atoms with E-state index in [0.29, 0.717) is 25.9 Å². The van der Waals surface area contributed by atoms with E-state index in [2.05, 4.69) is 0 Å².